The van der Waals surface area contributed by atoms with Gasteiger partial charge in [-0.1, -0.05) is 29.3 Å². The van der Waals surface area contributed by atoms with Gasteiger partial charge in [-0.15, -0.1) is 0 Å². The van der Waals surface area contributed by atoms with Crippen molar-refractivity contribution in [2.45, 2.75) is 13.0 Å². The molecular formula is C16H16Cl2N2O. The third kappa shape index (κ3) is 3.90. The second-order valence-electron chi connectivity index (χ2n) is 4.69. The van der Waals surface area contributed by atoms with Crippen molar-refractivity contribution in [2.24, 2.45) is 0 Å². The van der Waals surface area contributed by atoms with Crippen molar-refractivity contribution in [1.29, 1.82) is 0 Å². The van der Waals surface area contributed by atoms with Crippen LogP contribution in [0.4, 0.5) is 5.69 Å². The topological polar surface area (TPSA) is 41.1 Å². The Bertz CT molecular complexity index is 641. The van der Waals surface area contributed by atoms with Crippen LogP contribution in [0.3, 0.4) is 0 Å². The average Bonchev–Trinajstić information content (AvgIpc) is 2.47. The summed E-state index contributed by atoms with van der Waals surface area (Å²) in [7, 11) is 1.83. The Morgan fingerprint density at radius 3 is 2.33 bits per heavy atom. The van der Waals surface area contributed by atoms with E-state index in [1.807, 2.05) is 32.2 Å². The predicted molar refractivity (Wildman–Crippen MR) is 88.3 cm³/mol. The van der Waals surface area contributed by atoms with Gasteiger partial charge in [0.15, 0.2) is 0 Å². The van der Waals surface area contributed by atoms with Crippen molar-refractivity contribution in [1.82, 2.24) is 5.32 Å². The minimum Gasteiger partial charge on any atom is -0.388 e. The summed E-state index contributed by atoms with van der Waals surface area (Å²) in [6, 6.07) is 12.3. The fraction of sp³-hybridized carbons (Fsp3) is 0.188. The van der Waals surface area contributed by atoms with Gasteiger partial charge in [-0.05, 0) is 48.9 Å². The molecule has 2 rings (SSSR count). The van der Waals surface area contributed by atoms with E-state index in [1.54, 1.807) is 24.3 Å². The summed E-state index contributed by atoms with van der Waals surface area (Å²) < 4.78 is 0. The van der Waals surface area contributed by atoms with Gasteiger partial charge in [0.1, 0.15) is 0 Å². The number of anilines is 1. The summed E-state index contributed by atoms with van der Waals surface area (Å²) in [5.41, 5.74) is 2.40. The molecule has 0 aromatic heterocycles. The third-order valence-corrected chi connectivity index (χ3v) is 3.77. The van der Waals surface area contributed by atoms with Crippen LogP contribution in [-0.2, 0) is 0 Å². The maximum atomic E-state index is 12.2. The minimum absolute atomic E-state index is 0.142. The highest BCUT2D eigenvalue weighted by atomic mass is 35.5. The molecule has 2 aromatic carbocycles. The Morgan fingerprint density at radius 2 is 1.76 bits per heavy atom. The molecule has 1 amide bonds. The molecule has 110 valence electrons. The second-order valence-corrected chi connectivity index (χ2v) is 5.53. The lowest BCUT2D eigenvalue weighted by atomic mass is 10.1. The van der Waals surface area contributed by atoms with Gasteiger partial charge >= 0.3 is 0 Å². The van der Waals surface area contributed by atoms with Crippen LogP contribution in [0.1, 0.15) is 28.9 Å². The molecule has 2 aromatic rings. The second kappa shape index (κ2) is 6.83. The van der Waals surface area contributed by atoms with Crippen molar-refractivity contribution in [3.05, 3.63) is 63.6 Å². The van der Waals surface area contributed by atoms with E-state index in [9.17, 15) is 4.79 Å². The van der Waals surface area contributed by atoms with Crippen molar-refractivity contribution >= 4 is 34.8 Å². The monoisotopic (exact) mass is 322 g/mol. The summed E-state index contributed by atoms with van der Waals surface area (Å²) in [4.78, 5) is 12.2. The standard InChI is InChI=1S/C16H16Cl2N2O/c1-10(14-8-5-12(17)9-15(14)18)20-16(21)11-3-6-13(19-2)7-4-11/h3-10,19H,1-2H3,(H,20,21). The van der Waals surface area contributed by atoms with Gasteiger partial charge in [-0.3, -0.25) is 4.79 Å². The van der Waals surface area contributed by atoms with Gasteiger partial charge in [-0.2, -0.15) is 0 Å². The van der Waals surface area contributed by atoms with Gasteiger partial charge in [0, 0.05) is 28.3 Å². The molecule has 1 atom stereocenters. The van der Waals surface area contributed by atoms with E-state index in [4.69, 9.17) is 23.2 Å². The quantitative estimate of drug-likeness (QED) is 0.868. The lowest BCUT2D eigenvalue weighted by Crippen LogP contribution is -2.26. The number of hydrogen-bond acceptors (Lipinski definition) is 2. The largest absolute Gasteiger partial charge is 0.388 e. The Hall–Kier alpha value is -1.71. The molecule has 3 nitrogen and oxygen atoms in total. The molecule has 2 N–H and O–H groups in total. The van der Waals surface area contributed by atoms with Crippen LogP contribution in [0.2, 0.25) is 10.0 Å². The van der Waals surface area contributed by atoms with Gasteiger partial charge in [-0.25, -0.2) is 0 Å². The number of halogens is 2. The lowest BCUT2D eigenvalue weighted by molar-refractivity contribution is 0.0940. The Balaban J connectivity index is 2.10. The molecule has 1 unspecified atom stereocenters. The number of hydrogen-bond donors (Lipinski definition) is 2. The molecule has 21 heavy (non-hydrogen) atoms. The number of amides is 1. The summed E-state index contributed by atoms with van der Waals surface area (Å²) in [6.07, 6.45) is 0. The van der Waals surface area contributed by atoms with E-state index in [2.05, 4.69) is 10.6 Å². The summed E-state index contributed by atoms with van der Waals surface area (Å²) >= 11 is 12.0. The smallest absolute Gasteiger partial charge is 0.251 e. The number of carbonyl (C=O) groups excluding carboxylic acids is 1. The molecule has 0 saturated heterocycles. The molecule has 0 aliphatic carbocycles. The van der Waals surface area contributed by atoms with Gasteiger partial charge in [0.25, 0.3) is 5.91 Å². The van der Waals surface area contributed by atoms with E-state index < -0.39 is 0 Å². The first-order valence-corrected chi connectivity index (χ1v) is 7.30. The highest BCUT2D eigenvalue weighted by molar-refractivity contribution is 6.35. The van der Waals surface area contributed by atoms with Gasteiger partial charge < -0.3 is 10.6 Å². The molecule has 0 saturated carbocycles. The molecular weight excluding hydrogens is 307 g/mol. The first-order chi connectivity index (χ1) is 10.0. The Labute approximate surface area is 134 Å². The van der Waals surface area contributed by atoms with Crippen molar-refractivity contribution in [3.8, 4) is 0 Å². The van der Waals surface area contributed by atoms with Crippen molar-refractivity contribution < 1.29 is 4.79 Å². The van der Waals surface area contributed by atoms with Crippen molar-refractivity contribution in [3.63, 3.8) is 0 Å². The Morgan fingerprint density at radius 1 is 1.10 bits per heavy atom. The Kier molecular flexibility index (Phi) is 5.10. The molecule has 0 spiro atoms. The summed E-state index contributed by atoms with van der Waals surface area (Å²) in [6.45, 7) is 1.88. The van der Waals surface area contributed by atoms with E-state index >= 15 is 0 Å². The predicted octanol–water partition coefficient (Wildman–Crippen LogP) is 4.53. The molecule has 5 heteroatoms. The molecule has 0 heterocycles. The molecule has 0 fully saturated rings. The molecule has 0 bridgehead atoms. The normalized spacial score (nSPS) is 11.8. The van der Waals surface area contributed by atoms with Crippen LogP contribution in [-0.4, -0.2) is 13.0 Å². The molecule has 0 aliphatic rings. The fourth-order valence-corrected chi connectivity index (χ4v) is 2.57. The third-order valence-electron chi connectivity index (χ3n) is 3.21. The highest BCUT2D eigenvalue weighted by Gasteiger charge is 2.14. The van der Waals surface area contributed by atoms with E-state index in [1.165, 1.54) is 0 Å². The SMILES string of the molecule is CNc1ccc(C(=O)NC(C)c2ccc(Cl)cc2Cl)cc1. The summed E-state index contributed by atoms with van der Waals surface area (Å²) in [5.74, 6) is -0.142. The zero-order chi connectivity index (χ0) is 15.4. The van der Waals surface area contributed by atoms with Gasteiger partial charge in [0.05, 0.1) is 6.04 Å². The van der Waals surface area contributed by atoms with Crippen LogP contribution < -0.4 is 10.6 Å². The molecule has 0 radical (unpaired) electrons. The van der Waals surface area contributed by atoms with Crippen LogP contribution in [0.15, 0.2) is 42.5 Å². The van der Waals surface area contributed by atoms with Crippen molar-refractivity contribution in [2.75, 3.05) is 12.4 Å². The van der Waals surface area contributed by atoms with E-state index in [0.29, 0.717) is 15.6 Å². The number of nitrogens with one attached hydrogen (secondary N) is 2. The van der Waals surface area contributed by atoms with Crippen LogP contribution in [0, 0.1) is 0 Å². The maximum Gasteiger partial charge on any atom is 0.251 e. The van der Waals surface area contributed by atoms with Crippen LogP contribution in [0.5, 0.6) is 0 Å². The minimum atomic E-state index is -0.203. The zero-order valence-corrected chi connectivity index (χ0v) is 13.3. The van der Waals surface area contributed by atoms with E-state index in [0.717, 1.165) is 11.3 Å². The first-order valence-electron chi connectivity index (χ1n) is 6.55. The fourth-order valence-electron chi connectivity index (χ4n) is 2.00. The number of benzene rings is 2. The van der Waals surface area contributed by atoms with Crippen LogP contribution in [0.25, 0.3) is 0 Å². The van der Waals surface area contributed by atoms with E-state index in [-0.39, 0.29) is 11.9 Å². The highest BCUT2D eigenvalue weighted by Crippen LogP contribution is 2.26. The maximum absolute atomic E-state index is 12.2. The lowest BCUT2D eigenvalue weighted by Gasteiger charge is -2.16. The van der Waals surface area contributed by atoms with Gasteiger partial charge in [0.2, 0.25) is 0 Å². The number of rotatable bonds is 4. The zero-order valence-electron chi connectivity index (χ0n) is 11.8. The number of carbonyl (C=O) groups is 1. The first kappa shape index (κ1) is 15.7. The summed E-state index contributed by atoms with van der Waals surface area (Å²) in [5, 5.41) is 7.05. The molecule has 0 aliphatic heterocycles. The average molecular weight is 323 g/mol. The van der Waals surface area contributed by atoms with Crippen LogP contribution >= 0.6 is 23.2 Å².